The molecule has 19 heavy (non-hydrogen) atoms. The maximum Gasteiger partial charge on any atom is 0.133 e. The number of aryl methyl sites for hydroxylation is 3. The molecule has 0 radical (unpaired) electrons. The molecule has 2 aromatic rings. The molecule has 100 valence electrons. The molecule has 0 aliphatic heterocycles. The van der Waals surface area contributed by atoms with Gasteiger partial charge in [-0.05, 0) is 38.5 Å². The molecule has 2 rings (SSSR count). The van der Waals surface area contributed by atoms with E-state index in [1.54, 1.807) is 19.2 Å². The number of pyridine rings is 1. The Hall–Kier alpha value is -1.97. The van der Waals surface area contributed by atoms with E-state index in [0.717, 1.165) is 11.3 Å². The topological polar surface area (TPSA) is 22.1 Å². The van der Waals surface area contributed by atoms with Gasteiger partial charge in [0, 0.05) is 23.5 Å². The fraction of sp³-hybridized carbons (Fsp3) is 0.267. The van der Waals surface area contributed by atoms with E-state index >= 15 is 0 Å². The Morgan fingerprint density at radius 2 is 1.68 bits per heavy atom. The molecule has 0 amide bonds. The summed E-state index contributed by atoms with van der Waals surface area (Å²) in [5.41, 5.74) is 2.12. The van der Waals surface area contributed by atoms with Gasteiger partial charge in [0.25, 0.3) is 0 Å². The Labute approximate surface area is 111 Å². The van der Waals surface area contributed by atoms with Gasteiger partial charge in [-0.2, -0.15) is 0 Å². The lowest BCUT2D eigenvalue weighted by Crippen LogP contribution is -2.04. The van der Waals surface area contributed by atoms with Gasteiger partial charge < -0.3 is 4.74 Å². The van der Waals surface area contributed by atoms with Crippen LogP contribution in [0.25, 0.3) is 0 Å². The summed E-state index contributed by atoms with van der Waals surface area (Å²) < 4.78 is 32.8. The van der Waals surface area contributed by atoms with Crippen LogP contribution in [0.1, 0.15) is 22.4 Å². The second-order valence-electron chi connectivity index (χ2n) is 4.59. The van der Waals surface area contributed by atoms with Crippen molar-refractivity contribution >= 4 is 0 Å². The van der Waals surface area contributed by atoms with Crippen molar-refractivity contribution in [2.24, 2.45) is 0 Å². The van der Waals surface area contributed by atoms with E-state index < -0.39 is 11.6 Å². The monoisotopic (exact) mass is 263 g/mol. The van der Waals surface area contributed by atoms with Crippen LogP contribution in [0.3, 0.4) is 0 Å². The molecule has 0 atom stereocenters. The number of hydrogen-bond acceptors (Lipinski definition) is 2. The zero-order valence-electron chi connectivity index (χ0n) is 11.1. The molecule has 0 bridgehead atoms. The number of rotatable bonds is 3. The largest absolute Gasteiger partial charge is 0.488 e. The first-order chi connectivity index (χ1) is 8.97. The number of hydrogen-bond donors (Lipinski definition) is 0. The van der Waals surface area contributed by atoms with Crippen LogP contribution in [0.15, 0.2) is 24.4 Å². The zero-order valence-corrected chi connectivity index (χ0v) is 11.1. The average Bonchev–Trinajstić information content (AvgIpc) is 2.32. The van der Waals surface area contributed by atoms with Gasteiger partial charge in [0.05, 0.1) is 5.56 Å². The van der Waals surface area contributed by atoms with E-state index in [1.807, 2.05) is 13.8 Å². The van der Waals surface area contributed by atoms with Crippen LogP contribution in [0.2, 0.25) is 0 Å². The quantitative estimate of drug-likeness (QED) is 0.838. The van der Waals surface area contributed by atoms with Crippen LogP contribution in [0, 0.1) is 32.4 Å². The van der Waals surface area contributed by atoms with E-state index in [-0.39, 0.29) is 12.2 Å². The molecule has 0 aliphatic carbocycles. The maximum absolute atomic E-state index is 13.7. The van der Waals surface area contributed by atoms with Crippen molar-refractivity contribution in [3.63, 3.8) is 0 Å². The summed E-state index contributed by atoms with van der Waals surface area (Å²) in [6.45, 7) is 5.18. The number of nitrogens with zero attached hydrogens (tertiary/aromatic N) is 1. The van der Waals surface area contributed by atoms with Gasteiger partial charge in [-0.3, -0.25) is 4.98 Å². The first-order valence-electron chi connectivity index (χ1n) is 5.98. The third kappa shape index (κ3) is 3.08. The number of aromatic nitrogens is 1. The highest BCUT2D eigenvalue weighted by atomic mass is 19.1. The molecule has 0 saturated carbocycles. The number of ether oxygens (including phenoxy) is 1. The van der Waals surface area contributed by atoms with Gasteiger partial charge >= 0.3 is 0 Å². The van der Waals surface area contributed by atoms with E-state index in [2.05, 4.69) is 4.98 Å². The molecule has 0 spiro atoms. The minimum absolute atomic E-state index is 0.0561. The average molecular weight is 263 g/mol. The molecule has 0 aliphatic rings. The molecular formula is C15H15F2NO. The van der Waals surface area contributed by atoms with Gasteiger partial charge in [-0.15, -0.1) is 0 Å². The summed E-state index contributed by atoms with van der Waals surface area (Å²) in [7, 11) is 0. The normalized spacial score (nSPS) is 10.6. The molecule has 0 saturated heterocycles. The van der Waals surface area contributed by atoms with Gasteiger partial charge in [0.15, 0.2) is 0 Å². The van der Waals surface area contributed by atoms with E-state index in [4.69, 9.17) is 4.74 Å². The van der Waals surface area contributed by atoms with Crippen LogP contribution >= 0.6 is 0 Å². The minimum Gasteiger partial charge on any atom is -0.488 e. The molecule has 1 heterocycles. The Balaban J connectivity index is 2.21. The van der Waals surface area contributed by atoms with Gasteiger partial charge in [-0.25, -0.2) is 8.78 Å². The summed E-state index contributed by atoms with van der Waals surface area (Å²) in [5.74, 6) is -0.575. The van der Waals surface area contributed by atoms with Crippen molar-refractivity contribution in [3.05, 3.63) is 58.4 Å². The third-order valence-corrected chi connectivity index (χ3v) is 2.85. The highest BCUT2D eigenvalue weighted by Crippen LogP contribution is 2.21. The summed E-state index contributed by atoms with van der Waals surface area (Å²) in [5, 5.41) is 0. The second-order valence-corrected chi connectivity index (χ2v) is 4.59. The van der Waals surface area contributed by atoms with Crippen LogP contribution < -0.4 is 4.74 Å². The van der Waals surface area contributed by atoms with Crippen LogP contribution in [-0.4, -0.2) is 4.98 Å². The SMILES string of the molecule is Cc1cc(F)c(COc2cc(C)ncc2C)c(F)c1. The van der Waals surface area contributed by atoms with Crippen molar-refractivity contribution in [1.29, 1.82) is 0 Å². The second kappa shape index (κ2) is 5.34. The third-order valence-electron chi connectivity index (χ3n) is 2.85. The predicted octanol–water partition coefficient (Wildman–Crippen LogP) is 3.86. The Bertz CT molecular complexity index is 588. The summed E-state index contributed by atoms with van der Waals surface area (Å²) in [4.78, 5) is 4.11. The lowest BCUT2D eigenvalue weighted by molar-refractivity contribution is 0.290. The molecular weight excluding hydrogens is 248 g/mol. The van der Waals surface area contributed by atoms with Gasteiger partial charge in [0.1, 0.15) is 24.0 Å². The standard InChI is InChI=1S/C15H15F2NO/c1-9-4-13(16)12(14(17)5-9)8-19-15-6-11(3)18-7-10(15)2/h4-7H,8H2,1-3H3. The maximum atomic E-state index is 13.7. The lowest BCUT2D eigenvalue weighted by atomic mass is 10.1. The fourth-order valence-electron chi connectivity index (χ4n) is 1.78. The smallest absolute Gasteiger partial charge is 0.133 e. The van der Waals surface area contributed by atoms with Gasteiger partial charge in [-0.1, -0.05) is 0 Å². The van der Waals surface area contributed by atoms with Crippen LogP contribution in [0.4, 0.5) is 8.78 Å². The number of benzene rings is 1. The van der Waals surface area contributed by atoms with Crippen LogP contribution in [0.5, 0.6) is 5.75 Å². The summed E-state index contributed by atoms with van der Waals surface area (Å²) >= 11 is 0. The highest BCUT2D eigenvalue weighted by Gasteiger charge is 2.11. The Morgan fingerprint density at radius 1 is 1.05 bits per heavy atom. The number of halogens is 2. The predicted molar refractivity (Wildman–Crippen MR) is 69.1 cm³/mol. The highest BCUT2D eigenvalue weighted by molar-refractivity contribution is 5.32. The van der Waals surface area contributed by atoms with Crippen molar-refractivity contribution in [1.82, 2.24) is 4.98 Å². The molecule has 0 unspecified atom stereocenters. The molecule has 1 aromatic carbocycles. The molecule has 4 heteroatoms. The fourth-order valence-corrected chi connectivity index (χ4v) is 1.78. The first-order valence-corrected chi connectivity index (χ1v) is 5.98. The first kappa shape index (κ1) is 13.5. The van der Waals surface area contributed by atoms with Crippen LogP contribution in [-0.2, 0) is 6.61 Å². The summed E-state index contributed by atoms with van der Waals surface area (Å²) in [6, 6.07) is 4.35. The van der Waals surface area contributed by atoms with Gasteiger partial charge in [0.2, 0.25) is 0 Å². The van der Waals surface area contributed by atoms with E-state index in [9.17, 15) is 8.78 Å². The van der Waals surface area contributed by atoms with Crippen molar-refractivity contribution < 1.29 is 13.5 Å². The van der Waals surface area contributed by atoms with Crippen molar-refractivity contribution in [3.8, 4) is 5.75 Å². The van der Waals surface area contributed by atoms with E-state index in [1.165, 1.54) is 12.1 Å². The Morgan fingerprint density at radius 3 is 2.32 bits per heavy atom. The Kier molecular flexibility index (Phi) is 3.79. The molecule has 1 aromatic heterocycles. The van der Waals surface area contributed by atoms with Crippen molar-refractivity contribution in [2.75, 3.05) is 0 Å². The zero-order chi connectivity index (χ0) is 14.0. The molecule has 0 fully saturated rings. The minimum atomic E-state index is -0.582. The van der Waals surface area contributed by atoms with Crippen molar-refractivity contribution in [2.45, 2.75) is 27.4 Å². The van der Waals surface area contributed by atoms with E-state index in [0.29, 0.717) is 11.3 Å². The molecule has 2 nitrogen and oxygen atoms in total. The lowest BCUT2D eigenvalue weighted by Gasteiger charge is -2.11. The molecule has 0 N–H and O–H groups in total. The summed E-state index contributed by atoms with van der Waals surface area (Å²) in [6.07, 6.45) is 1.67.